The zero-order chi connectivity index (χ0) is 11.1. The molecule has 0 radical (unpaired) electrons. The maximum atomic E-state index is 5.08. The molecule has 1 aromatic heterocycles. The molecule has 1 heterocycles. The lowest BCUT2D eigenvalue weighted by molar-refractivity contribution is 0.184. The Labute approximate surface area is 91.6 Å². The SMILES string of the molecule is CCCn1cc(C(CCOC)NC)cn1. The molecule has 0 spiro atoms. The number of aryl methyl sites for hydroxylation is 1. The summed E-state index contributed by atoms with van der Waals surface area (Å²) < 4.78 is 7.08. The summed E-state index contributed by atoms with van der Waals surface area (Å²) >= 11 is 0. The summed E-state index contributed by atoms with van der Waals surface area (Å²) in [6, 6.07) is 0.343. The van der Waals surface area contributed by atoms with E-state index in [1.54, 1.807) is 7.11 Å². The van der Waals surface area contributed by atoms with Gasteiger partial charge in [0.15, 0.2) is 0 Å². The van der Waals surface area contributed by atoms with Gasteiger partial charge in [-0.2, -0.15) is 5.10 Å². The lowest BCUT2D eigenvalue weighted by atomic mass is 10.1. The molecular formula is C11H21N3O. The summed E-state index contributed by atoms with van der Waals surface area (Å²) in [5, 5.41) is 7.59. The minimum Gasteiger partial charge on any atom is -0.385 e. The molecule has 1 rings (SSSR count). The fraction of sp³-hybridized carbons (Fsp3) is 0.727. The van der Waals surface area contributed by atoms with E-state index in [1.807, 2.05) is 17.9 Å². The van der Waals surface area contributed by atoms with Crippen molar-refractivity contribution in [3.63, 3.8) is 0 Å². The first-order valence-corrected chi connectivity index (χ1v) is 5.50. The highest BCUT2D eigenvalue weighted by molar-refractivity contribution is 5.10. The van der Waals surface area contributed by atoms with E-state index in [1.165, 1.54) is 5.56 Å². The van der Waals surface area contributed by atoms with Crippen LogP contribution in [0.5, 0.6) is 0 Å². The molecule has 0 aliphatic heterocycles. The van der Waals surface area contributed by atoms with Gasteiger partial charge >= 0.3 is 0 Å². The van der Waals surface area contributed by atoms with Crippen LogP contribution in [0.25, 0.3) is 0 Å². The lowest BCUT2D eigenvalue weighted by Gasteiger charge is -2.13. The van der Waals surface area contributed by atoms with Crippen LogP contribution in [0.4, 0.5) is 0 Å². The zero-order valence-corrected chi connectivity index (χ0v) is 9.86. The summed E-state index contributed by atoms with van der Waals surface area (Å²) in [4.78, 5) is 0. The van der Waals surface area contributed by atoms with Crippen LogP contribution in [0.1, 0.15) is 31.4 Å². The Balaban J connectivity index is 2.57. The van der Waals surface area contributed by atoms with Gasteiger partial charge < -0.3 is 10.1 Å². The van der Waals surface area contributed by atoms with Gasteiger partial charge in [-0.3, -0.25) is 4.68 Å². The second kappa shape index (κ2) is 6.58. The quantitative estimate of drug-likeness (QED) is 0.744. The Morgan fingerprint density at radius 2 is 2.40 bits per heavy atom. The summed E-state index contributed by atoms with van der Waals surface area (Å²) in [6.07, 6.45) is 6.14. The number of ether oxygens (including phenoxy) is 1. The van der Waals surface area contributed by atoms with Gasteiger partial charge in [0.1, 0.15) is 0 Å². The van der Waals surface area contributed by atoms with E-state index < -0.39 is 0 Å². The van der Waals surface area contributed by atoms with Gasteiger partial charge in [0.2, 0.25) is 0 Å². The van der Waals surface area contributed by atoms with Gasteiger partial charge in [0.25, 0.3) is 0 Å². The largest absolute Gasteiger partial charge is 0.385 e. The van der Waals surface area contributed by atoms with Gasteiger partial charge in [0.05, 0.1) is 6.20 Å². The second-order valence-corrected chi connectivity index (χ2v) is 3.66. The van der Waals surface area contributed by atoms with Crippen molar-refractivity contribution in [2.75, 3.05) is 20.8 Å². The molecule has 0 aliphatic rings. The van der Waals surface area contributed by atoms with Crippen molar-refractivity contribution in [2.45, 2.75) is 32.4 Å². The number of nitrogens with one attached hydrogen (secondary N) is 1. The highest BCUT2D eigenvalue weighted by Crippen LogP contribution is 2.15. The third-order valence-corrected chi connectivity index (χ3v) is 2.47. The highest BCUT2D eigenvalue weighted by Gasteiger charge is 2.10. The molecule has 86 valence electrons. The smallest absolute Gasteiger partial charge is 0.0537 e. The third kappa shape index (κ3) is 3.64. The van der Waals surface area contributed by atoms with Crippen LogP contribution in [-0.2, 0) is 11.3 Å². The standard InChI is InChI=1S/C11H21N3O/c1-4-6-14-9-10(8-13-14)11(12-2)5-7-15-3/h8-9,11-12H,4-7H2,1-3H3. The maximum Gasteiger partial charge on any atom is 0.0537 e. The van der Waals surface area contributed by atoms with Crippen LogP contribution < -0.4 is 5.32 Å². The van der Waals surface area contributed by atoms with Crippen LogP contribution >= 0.6 is 0 Å². The highest BCUT2D eigenvalue weighted by atomic mass is 16.5. The van der Waals surface area contributed by atoms with E-state index in [0.717, 1.165) is 26.0 Å². The van der Waals surface area contributed by atoms with Crippen LogP contribution in [0.2, 0.25) is 0 Å². The molecule has 0 amide bonds. The van der Waals surface area contributed by atoms with Crippen molar-refractivity contribution < 1.29 is 4.74 Å². The topological polar surface area (TPSA) is 39.1 Å². The van der Waals surface area contributed by atoms with E-state index in [-0.39, 0.29) is 0 Å². The van der Waals surface area contributed by atoms with Gasteiger partial charge in [0, 0.05) is 38.1 Å². The Hall–Kier alpha value is -0.870. The molecule has 0 fully saturated rings. The molecule has 1 aromatic rings. The van der Waals surface area contributed by atoms with Gasteiger partial charge in [-0.1, -0.05) is 6.92 Å². The van der Waals surface area contributed by atoms with Crippen molar-refractivity contribution in [1.29, 1.82) is 0 Å². The molecule has 15 heavy (non-hydrogen) atoms. The number of aromatic nitrogens is 2. The van der Waals surface area contributed by atoms with Gasteiger partial charge in [-0.15, -0.1) is 0 Å². The van der Waals surface area contributed by atoms with Crippen LogP contribution in [0, 0.1) is 0 Å². The normalized spacial score (nSPS) is 13.0. The van der Waals surface area contributed by atoms with Gasteiger partial charge in [-0.05, 0) is 19.9 Å². The minimum absolute atomic E-state index is 0.343. The molecule has 4 nitrogen and oxygen atoms in total. The predicted octanol–water partition coefficient (Wildman–Crippen LogP) is 1.59. The molecule has 0 bridgehead atoms. The maximum absolute atomic E-state index is 5.08. The minimum atomic E-state index is 0.343. The summed E-state index contributed by atoms with van der Waals surface area (Å²) in [5.41, 5.74) is 1.24. The zero-order valence-electron chi connectivity index (χ0n) is 9.86. The van der Waals surface area contributed by atoms with E-state index in [9.17, 15) is 0 Å². The van der Waals surface area contributed by atoms with Crippen LogP contribution in [0.3, 0.4) is 0 Å². The average Bonchev–Trinajstić information content (AvgIpc) is 2.68. The van der Waals surface area contributed by atoms with E-state index in [2.05, 4.69) is 23.5 Å². The first-order valence-electron chi connectivity index (χ1n) is 5.50. The van der Waals surface area contributed by atoms with Crippen molar-refractivity contribution in [3.8, 4) is 0 Å². The summed E-state index contributed by atoms with van der Waals surface area (Å²) in [5.74, 6) is 0. The summed E-state index contributed by atoms with van der Waals surface area (Å²) in [6.45, 7) is 3.91. The number of hydrogen-bond donors (Lipinski definition) is 1. The molecule has 0 aliphatic carbocycles. The molecule has 4 heteroatoms. The van der Waals surface area contributed by atoms with Crippen molar-refractivity contribution >= 4 is 0 Å². The Morgan fingerprint density at radius 1 is 1.60 bits per heavy atom. The second-order valence-electron chi connectivity index (χ2n) is 3.66. The van der Waals surface area contributed by atoms with Crippen molar-refractivity contribution in [3.05, 3.63) is 18.0 Å². The Bertz CT molecular complexity index is 273. The molecule has 1 atom stereocenters. The first-order chi connectivity index (χ1) is 7.31. The Kier molecular flexibility index (Phi) is 5.36. The Morgan fingerprint density at radius 3 is 3.00 bits per heavy atom. The lowest BCUT2D eigenvalue weighted by Crippen LogP contribution is -2.17. The van der Waals surface area contributed by atoms with E-state index in [0.29, 0.717) is 6.04 Å². The third-order valence-electron chi connectivity index (χ3n) is 2.47. The molecule has 0 saturated carbocycles. The van der Waals surface area contributed by atoms with Crippen LogP contribution in [-0.4, -0.2) is 30.5 Å². The number of methoxy groups -OCH3 is 1. The van der Waals surface area contributed by atoms with Crippen molar-refractivity contribution in [1.82, 2.24) is 15.1 Å². The molecule has 1 unspecified atom stereocenters. The van der Waals surface area contributed by atoms with Crippen LogP contribution in [0.15, 0.2) is 12.4 Å². The fourth-order valence-electron chi connectivity index (χ4n) is 1.62. The fourth-order valence-corrected chi connectivity index (χ4v) is 1.62. The number of rotatable bonds is 7. The average molecular weight is 211 g/mol. The molecule has 0 aromatic carbocycles. The molecule has 0 saturated heterocycles. The monoisotopic (exact) mass is 211 g/mol. The molecule has 1 N–H and O–H groups in total. The number of hydrogen-bond acceptors (Lipinski definition) is 3. The van der Waals surface area contributed by atoms with E-state index >= 15 is 0 Å². The number of nitrogens with zero attached hydrogens (tertiary/aromatic N) is 2. The van der Waals surface area contributed by atoms with E-state index in [4.69, 9.17) is 4.74 Å². The summed E-state index contributed by atoms with van der Waals surface area (Å²) in [7, 11) is 3.70. The van der Waals surface area contributed by atoms with Crippen molar-refractivity contribution in [2.24, 2.45) is 0 Å². The predicted molar refractivity (Wildman–Crippen MR) is 60.8 cm³/mol. The van der Waals surface area contributed by atoms with Gasteiger partial charge in [-0.25, -0.2) is 0 Å². The molecular weight excluding hydrogens is 190 g/mol. The first kappa shape index (κ1) is 12.2.